The van der Waals surface area contributed by atoms with E-state index in [9.17, 15) is 8.42 Å². The van der Waals surface area contributed by atoms with Crippen LogP contribution in [0.1, 0.15) is 19.4 Å². The summed E-state index contributed by atoms with van der Waals surface area (Å²) in [6.07, 6.45) is 2.71. The Morgan fingerprint density at radius 1 is 1.24 bits per heavy atom. The summed E-state index contributed by atoms with van der Waals surface area (Å²) in [4.78, 5) is 2.73. The Morgan fingerprint density at radius 3 is 2.62 bits per heavy atom. The Labute approximate surface area is 126 Å². The fraction of sp³-hybridized carbons (Fsp3) is 0.500. The molecule has 0 amide bonds. The van der Waals surface area contributed by atoms with Crippen LogP contribution in [0.25, 0.3) is 10.9 Å². The summed E-state index contributed by atoms with van der Waals surface area (Å²) in [5.41, 5.74) is 2.16. The van der Waals surface area contributed by atoms with Crippen LogP contribution in [-0.4, -0.2) is 43.3 Å². The number of sulfone groups is 1. The van der Waals surface area contributed by atoms with Crippen LogP contribution < -0.4 is 0 Å². The topological polar surface area (TPSA) is 42.3 Å². The third-order valence-corrected chi connectivity index (χ3v) is 6.54. The molecule has 2 heterocycles. The lowest BCUT2D eigenvalue weighted by molar-refractivity contribution is 0.171. The molecule has 0 atom stereocenters. The maximum atomic E-state index is 12.0. The predicted molar refractivity (Wildman–Crippen MR) is 85.5 cm³/mol. The summed E-state index contributed by atoms with van der Waals surface area (Å²) < 4.78 is 26.2. The van der Waals surface area contributed by atoms with Crippen molar-refractivity contribution in [1.82, 2.24) is 9.47 Å². The van der Waals surface area contributed by atoms with Gasteiger partial charge in [-0.1, -0.05) is 0 Å². The van der Waals surface area contributed by atoms with Crippen molar-refractivity contribution in [2.75, 3.05) is 19.8 Å². The molecule has 0 fully saturated rings. The van der Waals surface area contributed by atoms with E-state index in [1.807, 2.05) is 6.07 Å². The van der Waals surface area contributed by atoms with Gasteiger partial charge in [0, 0.05) is 29.2 Å². The highest BCUT2D eigenvalue weighted by Crippen LogP contribution is 2.33. The zero-order valence-electron chi connectivity index (χ0n) is 13.0. The minimum atomic E-state index is -3.05. The van der Waals surface area contributed by atoms with Crippen molar-refractivity contribution >= 4 is 20.7 Å². The molecular weight excluding hydrogens is 284 g/mol. The van der Waals surface area contributed by atoms with Crippen LogP contribution in [0.5, 0.6) is 0 Å². The number of likely N-dealkylation sites (N-methyl/N-ethyl adjacent to an activating group) is 1. The van der Waals surface area contributed by atoms with Gasteiger partial charge in [0.15, 0.2) is 9.84 Å². The molecule has 0 spiro atoms. The van der Waals surface area contributed by atoms with Gasteiger partial charge in [-0.2, -0.15) is 0 Å². The molecule has 1 aromatic carbocycles. The van der Waals surface area contributed by atoms with Crippen molar-refractivity contribution in [3.8, 4) is 0 Å². The fourth-order valence-electron chi connectivity index (χ4n) is 2.91. The Bertz CT molecular complexity index is 801. The number of hydrogen-bond acceptors (Lipinski definition) is 3. The molecular formula is C16H22N2O2S. The van der Waals surface area contributed by atoms with E-state index in [-0.39, 0.29) is 11.3 Å². The van der Waals surface area contributed by atoms with E-state index >= 15 is 0 Å². The lowest BCUT2D eigenvalue weighted by Crippen LogP contribution is -2.41. The molecule has 0 unspecified atom stereocenters. The van der Waals surface area contributed by atoms with Gasteiger partial charge in [-0.3, -0.25) is 0 Å². The minimum absolute atomic E-state index is 0.0387. The summed E-state index contributed by atoms with van der Waals surface area (Å²) in [6.45, 7) is 5.28. The van der Waals surface area contributed by atoms with E-state index in [0.717, 1.165) is 23.0 Å². The number of nitrogens with zero attached hydrogens (tertiary/aromatic N) is 2. The maximum absolute atomic E-state index is 12.0. The maximum Gasteiger partial charge on any atom is 0.179 e. The molecule has 2 aromatic rings. The number of aryl methyl sites for hydroxylation is 1. The number of rotatable bonds is 3. The second-order valence-corrected chi connectivity index (χ2v) is 8.77. The first-order chi connectivity index (χ1) is 9.72. The molecule has 0 N–H and O–H groups in total. The number of aromatic nitrogens is 1. The van der Waals surface area contributed by atoms with E-state index in [1.165, 1.54) is 0 Å². The largest absolute Gasteiger partial charge is 0.346 e. The first-order valence-electron chi connectivity index (χ1n) is 7.23. The summed E-state index contributed by atoms with van der Waals surface area (Å²) >= 11 is 0. The summed E-state index contributed by atoms with van der Waals surface area (Å²) in [6, 6.07) is 5.78. The molecule has 21 heavy (non-hydrogen) atoms. The molecule has 3 rings (SSSR count). The van der Waals surface area contributed by atoms with Crippen LogP contribution in [0, 0.1) is 0 Å². The zero-order chi connectivity index (χ0) is 15.4. The average Bonchev–Trinajstić information content (AvgIpc) is 2.91. The first kappa shape index (κ1) is 14.6. The predicted octanol–water partition coefficient (Wildman–Crippen LogP) is 2.31. The van der Waals surface area contributed by atoms with Gasteiger partial charge in [-0.15, -0.1) is 0 Å². The monoisotopic (exact) mass is 306 g/mol. The van der Waals surface area contributed by atoms with Crippen LogP contribution in [0.3, 0.4) is 0 Å². The molecule has 0 bridgehead atoms. The molecule has 0 saturated carbocycles. The standard InChI is InChI=1S/C16H22N2O2S/c1-16(2,17(3)4)11-18-9-7-12-13-8-10-21(19,20)15(13)6-5-14(12)18/h5-7,9H,8,10-11H2,1-4H3. The highest BCUT2D eigenvalue weighted by Gasteiger charge is 2.29. The molecule has 4 nitrogen and oxygen atoms in total. The zero-order valence-corrected chi connectivity index (χ0v) is 13.9. The first-order valence-corrected chi connectivity index (χ1v) is 8.88. The third kappa shape index (κ3) is 2.28. The average molecular weight is 306 g/mol. The van der Waals surface area contributed by atoms with Gasteiger partial charge in [0.25, 0.3) is 0 Å². The van der Waals surface area contributed by atoms with E-state index in [0.29, 0.717) is 11.3 Å². The molecule has 1 aliphatic heterocycles. The van der Waals surface area contributed by atoms with Gasteiger partial charge >= 0.3 is 0 Å². The lowest BCUT2D eigenvalue weighted by Gasteiger charge is -2.33. The van der Waals surface area contributed by atoms with Crippen LogP contribution in [-0.2, 0) is 22.8 Å². The Morgan fingerprint density at radius 2 is 1.95 bits per heavy atom. The second kappa shape index (κ2) is 4.58. The second-order valence-electron chi connectivity index (χ2n) is 6.69. The van der Waals surface area contributed by atoms with Crippen molar-refractivity contribution < 1.29 is 8.42 Å². The van der Waals surface area contributed by atoms with E-state index in [1.54, 1.807) is 6.07 Å². The normalized spacial score (nSPS) is 17.6. The number of fused-ring (bicyclic) bond motifs is 3. The van der Waals surface area contributed by atoms with Crippen LogP contribution in [0.4, 0.5) is 0 Å². The van der Waals surface area contributed by atoms with Crippen molar-refractivity contribution in [3.05, 3.63) is 30.0 Å². The highest BCUT2D eigenvalue weighted by molar-refractivity contribution is 7.91. The summed E-state index contributed by atoms with van der Waals surface area (Å²) in [7, 11) is 1.10. The van der Waals surface area contributed by atoms with E-state index in [2.05, 4.69) is 49.7 Å². The molecule has 114 valence electrons. The molecule has 0 radical (unpaired) electrons. The third-order valence-electron chi connectivity index (χ3n) is 4.75. The highest BCUT2D eigenvalue weighted by atomic mass is 32.2. The SMILES string of the molecule is CN(C)C(C)(C)Cn1ccc2c3c(ccc21)S(=O)(=O)CC3. The lowest BCUT2D eigenvalue weighted by atomic mass is 10.0. The van der Waals surface area contributed by atoms with E-state index < -0.39 is 9.84 Å². The molecule has 0 aliphatic carbocycles. The Hall–Kier alpha value is -1.33. The quantitative estimate of drug-likeness (QED) is 0.874. The van der Waals surface area contributed by atoms with Gasteiger partial charge in [0.2, 0.25) is 0 Å². The summed E-state index contributed by atoms with van der Waals surface area (Å²) in [5.74, 6) is 0.246. The molecule has 1 aromatic heterocycles. The smallest absolute Gasteiger partial charge is 0.179 e. The molecule has 1 aliphatic rings. The van der Waals surface area contributed by atoms with Crippen LogP contribution >= 0.6 is 0 Å². The minimum Gasteiger partial charge on any atom is -0.346 e. The van der Waals surface area contributed by atoms with Crippen molar-refractivity contribution in [2.24, 2.45) is 0 Å². The van der Waals surface area contributed by atoms with Crippen molar-refractivity contribution in [1.29, 1.82) is 0 Å². The number of hydrogen-bond donors (Lipinski definition) is 0. The Kier molecular flexibility index (Phi) is 3.19. The van der Waals surface area contributed by atoms with Gasteiger partial charge < -0.3 is 9.47 Å². The van der Waals surface area contributed by atoms with Gasteiger partial charge in [0.05, 0.1) is 10.6 Å². The molecule has 5 heteroatoms. The van der Waals surface area contributed by atoms with Gasteiger partial charge in [0.1, 0.15) is 0 Å². The van der Waals surface area contributed by atoms with Crippen LogP contribution in [0.2, 0.25) is 0 Å². The van der Waals surface area contributed by atoms with Crippen molar-refractivity contribution in [2.45, 2.75) is 37.2 Å². The molecule has 0 saturated heterocycles. The van der Waals surface area contributed by atoms with Crippen molar-refractivity contribution in [3.63, 3.8) is 0 Å². The fourth-order valence-corrected chi connectivity index (χ4v) is 4.46. The van der Waals surface area contributed by atoms with E-state index in [4.69, 9.17) is 0 Å². The van der Waals surface area contributed by atoms with Gasteiger partial charge in [-0.05, 0) is 58.1 Å². The van der Waals surface area contributed by atoms with Crippen LogP contribution in [0.15, 0.2) is 29.3 Å². The summed E-state index contributed by atoms with van der Waals surface area (Å²) in [5, 5.41) is 1.09. The number of benzene rings is 1. The van der Waals surface area contributed by atoms with Gasteiger partial charge in [-0.25, -0.2) is 8.42 Å². The Balaban J connectivity index is 2.10.